The molecule has 0 spiro atoms. The van der Waals surface area contributed by atoms with Crippen molar-refractivity contribution >= 4 is 12.1 Å². The van der Waals surface area contributed by atoms with Crippen molar-refractivity contribution in [1.29, 1.82) is 0 Å². The summed E-state index contributed by atoms with van der Waals surface area (Å²) in [6, 6.07) is 10.6. The van der Waals surface area contributed by atoms with Crippen LogP contribution >= 0.6 is 0 Å². The number of likely N-dealkylation sites (tertiary alicyclic amines) is 1. The molecular formula is C21H30N6O2. The van der Waals surface area contributed by atoms with E-state index < -0.39 is 0 Å². The van der Waals surface area contributed by atoms with Crippen molar-refractivity contribution in [2.75, 3.05) is 26.7 Å². The van der Waals surface area contributed by atoms with Gasteiger partial charge in [-0.2, -0.15) is 0 Å². The first kappa shape index (κ1) is 20.7. The minimum Gasteiger partial charge on any atom is -0.450 e. The van der Waals surface area contributed by atoms with Crippen LogP contribution in [0.4, 0.5) is 4.79 Å². The minimum absolute atomic E-state index is 0.223. The number of hydrogen-bond acceptors (Lipinski definition) is 4. The van der Waals surface area contributed by atoms with Crippen molar-refractivity contribution in [3.63, 3.8) is 0 Å². The number of aliphatic imine (C=N–C) groups is 1. The standard InChI is InChI=1S/C21H30N6O2/c1-3-29-21(28)26-12-9-18(10-13-26)25-20(22-2)24-15-19-23-11-14-27(19)16-17-7-5-4-6-8-17/h4-8,11,14,18H,3,9-10,12-13,15-16H2,1-2H3,(H2,22,24,25). The van der Waals surface area contributed by atoms with Gasteiger partial charge in [0, 0.05) is 45.1 Å². The molecule has 1 aromatic carbocycles. The Morgan fingerprint density at radius 3 is 2.72 bits per heavy atom. The largest absolute Gasteiger partial charge is 0.450 e. The Kier molecular flexibility index (Phi) is 7.49. The number of aromatic nitrogens is 2. The number of carbonyl (C=O) groups is 1. The summed E-state index contributed by atoms with van der Waals surface area (Å²) < 4.78 is 7.21. The van der Waals surface area contributed by atoms with Gasteiger partial charge in [0.05, 0.1) is 13.2 Å². The van der Waals surface area contributed by atoms with Gasteiger partial charge in [0.1, 0.15) is 5.82 Å². The van der Waals surface area contributed by atoms with Crippen LogP contribution in [0.15, 0.2) is 47.7 Å². The zero-order chi connectivity index (χ0) is 20.5. The lowest BCUT2D eigenvalue weighted by Crippen LogP contribution is -2.49. The second kappa shape index (κ2) is 10.5. The second-order valence-electron chi connectivity index (χ2n) is 6.99. The van der Waals surface area contributed by atoms with Gasteiger partial charge in [-0.05, 0) is 25.3 Å². The van der Waals surface area contributed by atoms with Crippen molar-refractivity contribution in [1.82, 2.24) is 25.1 Å². The Morgan fingerprint density at radius 2 is 2.03 bits per heavy atom. The molecular weight excluding hydrogens is 368 g/mol. The lowest BCUT2D eigenvalue weighted by atomic mass is 10.1. The number of imidazole rings is 1. The fourth-order valence-electron chi connectivity index (χ4n) is 3.40. The van der Waals surface area contributed by atoms with Crippen molar-refractivity contribution in [3.8, 4) is 0 Å². The smallest absolute Gasteiger partial charge is 0.409 e. The van der Waals surface area contributed by atoms with Gasteiger partial charge in [0.2, 0.25) is 0 Å². The number of amides is 1. The van der Waals surface area contributed by atoms with E-state index in [1.807, 2.05) is 37.5 Å². The number of rotatable bonds is 6. The van der Waals surface area contributed by atoms with Crippen LogP contribution in [-0.2, 0) is 17.8 Å². The van der Waals surface area contributed by atoms with Gasteiger partial charge < -0.3 is 24.8 Å². The van der Waals surface area contributed by atoms with Gasteiger partial charge in [0.15, 0.2) is 5.96 Å². The highest BCUT2D eigenvalue weighted by molar-refractivity contribution is 5.79. The van der Waals surface area contributed by atoms with Gasteiger partial charge in [-0.3, -0.25) is 4.99 Å². The van der Waals surface area contributed by atoms with Crippen LogP contribution in [0, 0.1) is 0 Å². The third-order valence-electron chi connectivity index (χ3n) is 5.00. The molecule has 1 aliphatic rings. The molecule has 2 aromatic rings. The molecule has 1 amide bonds. The van der Waals surface area contributed by atoms with Gasteiger partial charge in [-0.1, -0.05) is 30.3 Å². The maximum atomic E-state index is 11.8. The van der Waals surface area contributed by atoms with E-state index in [0.717, 1.165) is 31.2 Å². The van der Waals surface area contributed by atoms with Gasteiger partial charge in [-0.15, -0.1) is 0 Å². The van der Waals surface area contributed by atoms with Crippen molar-refractivity contribution < 1.29 is 9.53 Å². The van der Waals surface area contributed by atoms with Crippen LogP contribution in [0.25, 0.3) is 0 Å². The lowest BCUT2D eigenvalue weighted by Gasteiger charge is -2.32. The number of hydrogen-bond donors (Lipinski definition) is 2. The van der Waals surface area contributed by atoms with Crippen molar-refractivity contribution in [2.45, 2.75) is 38.9 Å². The molecule has 3 rings (SSSR count). The fourth-order valence-corrected chi connectivity index (χ4v) is 3.40. The summed E-state index contributed by atoms with van der Waals surface area (Å²) in [5, 5.41) is 6.80. The quantitative estimate of drug-likeness (QED) is 0.576. The van der Waals surface area contributed by atoms with Crippen LogP contribution in [0.3, 0.4) is 0 Å². The number of benzene rings is 1. The molecule has 0 saturated carbocycles. The van der Waals surface area contributed by atoms with Crippen LogP contribution in [-0.4, -0.2) is 59.3 Å². The molecule has 0 radical (unpaired) electrons. The van der Waals surface area contributed by atoms with E-state index >= 15 is 0 Å². The highest BCUT2D eigenvalue weighted by Gasteiger charge is 2.24. The Bertz CT molecular complexity index is 797. The number of piperidine rings is 1. The first-order valence-electron chi connectivity index (χ1n) is 10.1. The predicted molar refractivity (Wildman–Crippen MR) is 113 cm³/mol. The van der Waals surface area contributed by atoms with E-state index in [9.17, 15) is 4.79 Å². The third-order valence-corrected chi connectivity index (χ3v) is 5.00. The van der Waals surface area contributed by atoms with Crippen molar-refractivity contribution in [2.24, 2.45) is 4.99 Å². The molecule has 0 bridgehead atoms. The third kappa shape index (κ3) is 5.97. The molecule has 2 N–H and O–H groups in total. The van der Waals surface area contributed by atoms with E-state index in [2.05, 4.69) is 37.3 Å². The molecule has 8 nitrogen and oxygen atoms in total. The van der Waals surface area contributed by atoms with Crippen LogP contribution < -0.4 is 10.6 Å². The second-order valence-corrected chi connectivity index (χ2v) is 6.99. The summed E-state index contributed by atoms with van der Waals surface area (Å²) in [7, 11) is 1.76. The van der Waals surface area contributed by atoms with Crippen LogP contribution in [0.2, 0.25) is 0 Å². The molecule has 156 valence electrons. The Labute approximate surface area is 172 Å². The van der Waals surface area contributed by atoms with Gasteiger partial charge in [-0.25, -0.2) is 9.78 Å². The van der Waals surface area contributed by atoms with E-state index in [1.165, 1.54) is 5.56 Å². The van der Waals surface area contributed by atoms with Crippen molar-refractivity contribution in [3.05, 3.63) is 54.1 Å². The molecule has 29 heavy (non-hydrogen) atoms. The first-order chi connectivity index (χ1) is 14.2. The minimum atomic E-state index is -0.223. The monoisotopic (exact) mass is 398 g/mol. The molecule has 8 heteroatoms. The number of nitrogens with zero attached hydrogens (tertiary/aromatic N) is 4. The number of nitrogens with one attached hydrogen (secondary N) is 2. The normalized spacial score (nSPS) is 15.2. The van der Waals surface area contributed by atoms with E-state index in [1.54, 1.807) is 11.9 Å². The number of carbonyl (C=O) groups excluding carboxylic acids is 1. The molecule has 0 aliphatic carbocycles. The molecule has 1 aromatic heterocycles. The predicted octanol–water partition coefficient (Wildman–Crippen LogP) is 2.22. The van der Waals surface area contributed by atoms with Crippen LogP contribution in [0.1, 0.15) is 31.2 Å². The Balaban J connectivity index is 1.47. The molecule has 0 unspecified atom stereocenters. The molecule has 0 atom stereocenters. The SMILES string of the molecule is CCOC(=O)N1CCC(NC(=NC)NCc2nccn2Cc2ccccc2)CC1. The van der Waals surface area contributed by atoms with Gasteiger partial charge >= 0.3 is 6.09 Å². The summed E-state index contributed by atoms with van der Waals surface area (Å²) in [6.45, 7) is 4.99. The average molecular weight is 399 g/mol. The topological polar surface area (TPSA) is 83.8 Å². The summed E-state index contributed by atoms with van der Waals surface area (Å²) in [4.78, 5) is 22.4. The fraction of sp³-hybridized carbons (Fsp3) is 0.476. The number of guanidine groups is 1. The molecule has 1 fully saturated rings. The average Bonchev–Trinajstić information content (AvgIpc) is 3.19. The zero-order valence-corrected chi connectivity index (χ0v) is 17.2. The summed E-state index contributed by atoms with van der Waals surface area (Å²) in [6.07, 6.45) is 5.32. The summed E-state index contributed by atoms with van der Waals surface area (Å²) >= 11 is 0. The summed E-state index contributed by atoms with van der Waals surface area (Å²) in [5.74, 6) is 1.70. The zero-order valence-electron chi connectivity index (χ0n) is 17.2. The van der Waals surface area contributed by atoms with E-state index in [4.69, 9.17) is 4.74 Å². The van der Waals surface area contributed by atoms with Gasteiger partial charge in [0.25, 0.3) is 0 Å². The number of ether oxygens (including phenoxy) is 1. The Hall–Kier alpha value is -3.03. The maximum absolute atomic E-state index is 11.8. The highest BCUT2D eigenvalue weighted by atomic mass is 16.6. The van der Waals surface area contributed by atoms with Crippen LogP contribution in [0.5, 0.6) is 0 Å². The molecule has 1 saturated heterocycles. The summed E-state index contributed by atoms with van der Waals surface area (Å²) in [5.41, 5.74) is 1.24. The maximum Gasteiger partial charge on any atom is 0.409 e. The lowest BCUT2D eigenvalue weighted by molar-refractivity contribution is 0.0963. The molecule has 2 heterocycles. The highest BCUT2D eigenvalue weighted by Crippen LogP contribution is 2.11. The Morgan fingerprint density at radius 1 is 1.28 bits per heavy atom. The molecule has 1 aliphatic heterocycles. The van der Waals surface area contributed by atoms with E-state index in [-0.39, 0.29) is 12.1 Å². The first-order valence-corrected chi connectivity index (χ1v) is 10.1. The van der Waals surface area contributed by atoms with E-state index in [0.29, 0.717) is 26.2 Å².